The van der Waals surface area contributed by atoms with Crippen LogP contribution in [0.25, 0.3) is 0 Å². The largest absolute Gasteiger partial charge is 0.417 e. The van der Waals surface area contributed by atoms with Gasteiger partial charge in [-0.3, -0.25) is 4.79 Å². The van der Waals surface area contributed by atoms with Gasteiger partial charge in [-0.1, -0.05) is 11.6 Å². The number of nitrogens with one attached hydrogen (secondary N) is 1. The van der Waals surface area contributed by atoms with Crippen LogP contribution in [0.5, 0.6) is 0 Å². The van der Waals surface area contributed by atoms with Gasteiger partial charge in [0, 0.05) is 38.2 Å². The van der Waals surface area contributed by atoms with E-state index in [9.17, 15) is 23.1 Å². The van der Waals surface area contributed by atoms with Crippen LogP contribution in [0.15, 0.2) is 12.3 Å². The SMILES string of the molecule is CC(C)(O)C1CN(C(=O)CCNc2ncc(C(F)(F)F)cc2Cl)C1. The molecule has 5 nitrogen and oxygen atoms in total. The van der Waals surface area contributed by atoms with Gasteiger partial charge in [0.25, 0.3) is 0 Å². The van der Waals surface area contributed by atoms with Crippen LogP contribution >= 0.6 is 11.6 Å². The summed E-state index contributed by atoms with van der Waals surface area (Å²) < 4.78 is 37.6. The third kappa shape index (κ3) is 4.51. The van der Waals surface area contributed by atoms with Crippen LogP contribution in [-0.4, -0.2) is 46.1 Å². The first-order chi connectivity index (χ1) is 11.0. The molecular weight excluding hydrogens is 347 g/mol. The monoisotopic (exact) mass is 365 g/mol. The lowest BCUT2D eigenvalue weighted by molar-refractivity contribution is -0.144. The van der Waals surface area contributed by atoms with E-state index in [0.717, 1.165) is 6.07 Å². The molecule has 0 atom stereocenters. The normalized spacial score (nSPS) is 16.0. The molecular formula is C15H19ClF3N3O2. The van der Waals surface area contributed by atoms with Crippen LogP contribution in [0, 0.1) is 5.92 Å². The number of hydrogen-bond donors (Lipinski definition) is 2. The molecule has 0 radical (unpaired) electrons. The van der Waals surface area contributed by atoms with Crippen LogP contribution in [0.1, 0.15) is 25.8 Å². The van der Waals surface area contributed by atoms with Gasteiger partial charge in [-0.15, -0.1) is 0 Å². The lowest BCUT2D eigenvalue weighted by Crippen LogP contribution is -2.57. The fourth-order valence-electron chi connectivity index (χ4n) is 2.30. The van der Waals surface area contributed by atoms with Gasteiger partial charge in [0.05, 0.1) is 16.2 Å². The first kappa shape index (κ1) is 18.8. The molecule has 0 bridgehead atoms. The average molecular weight is 366 g/mol. The lowest BCUT2D eigenvalue weighted by Gasteiger charge is -2.45. The molecule has 1 fully saturated rings. The summed E-state index contributed by atoms with van der Waals surface area (Å²) in [7, 11) is 0. The number of alkyl halides is 3. The minimum absolute atomic E-state index is 0.0560. The number of amides is 1. The third-order valence-electron chi connectivity index (χ3n) is 4.03. The molecule has 2 N–H and O–H groups in total. The van der Waals surface area contributed by atoms with Crippen molar-refractivity contribution >= 4 is 23.3 Å². The maximum atomic E-state index is 12.5. The molecule has 1 aromatic heterocycles. The van der Waals surface area contributed by atoms with Gasteiger partial charge >= 0.3 is 6.18 Å². The fourth-order valence-corrected chi connectivity index (χ4v) is 2.53. The second-order valence-electron chi connectivity index (χ2n) is 6.38. The average Bonchev–Trinajstić information content (AvgIpc) is 2.35. The molecule has 0 unspecified atom stereocenters. The van der Waals surface area contributed by atoms with Crippen molar-refractivity contribution in [1.29, 1.82) is 0 Å². The van der Waals surface area contributed by atoms with Gasteiger partial charge in [-0.2, -0.15) is 13.2 Å². The van der Waals surface area contributed by atoms with Crippen molar-refractivity contribution in [1.82, 2.24) is 9.88 Å². The van der Waals surface area contributed by atoms with E-state index in [2.05, 4.69) is 10.3 Å². The van der Waals surface area contributed by atoms with E-state index in [1.54, 1.807) is 18.7 Å². The van der Waals surface area contributed by atoms with Crippen molar-refractivity contribution in [2.45, 2.75) is 32.0 Å². The molecule has 24 heavy (non-hydrogen) atoms. The number of hydrogen-bond acceptors (Lipinski definition) is 4. The summed E-state index contributed by atoms with van der Waals surface area (Å²) in [6.07, 6.45) is -3.64. The van der Waals surface area contributed by atoms with Crippen molar-refractivity contribution in [2.75, 3.05) is 25.0 Å². The van der Waals surface area contributed by atoms with Gasteiger partial charge < -0.3 is 15.3 Å². The minimum Gasteiger partial charge on any atom is -0.390 e. The van der Waals surface area contributed by atoms with Gasteiger partial charge in [0.2, 0.25) is 5.91 Å². The quantitative estimate of drug-likeness (QED) is 0.842. The summed E-state index contributed by atoms with van der Waals surface area (Å²) in [5, 5.41) is 12.4. The topological polar surface area (TPSA) is 65.5 Å². The van der Waals surface area contributed by atoms with Crippen LogP contribution in [0.3, 0.4) is 0 Å². The summed E-state index contributed by atoms with van der Waals surface area (Å²) in [4.78, 5) is 17.2. The van der Waals surface area contributed by atoms with Crippen LogP contribution in [0.2, 0.25) is 5.02 Å². The van der Waals surface area contributed by atoms with Crippen molar-refractivity contribution in [3.8, 4) is 0 Å². The Kier molecular flexibility index (Phi) is 5.29. The molecule has 2 rings (SSSR count). The number of aromatic nitrogens is 1. The van der Waals surface area contributed by atoms with E-state index in [-0.39, 0.29) is 35.6 Å². The summed E-state index contributed by atoms with van der Waals surface area (Å²) in [6.45, 7) is 4.63. The molecule has 0 aromatic carbocycles. The van der Waals surface area contributed by atoms with E-state index in [0.29, 0.717) is 19.3 Å². The van der Waals surface area contributed by atoms with Crippen LogP contribution in [-0.2, 0) is 11.0 Å². The number of anilines is 1. The molecule has 9 heteroatoms. The number of halogens is 4. The number of rotatable bonds is 5. The molecule has 1 aromatic rings. The molecule has 134 valence electrons. The Hall–Kier alpha value is -1.54. The van der Waals surface area contributed by atoms with E-state index in [4.69, 9.17) is 11.6 Å². The van der Waals surface area contributed by atoms with E-state index < -0.39 is 17.3 Å². The first-order valence-electron chi connectivity index (χ1n) is 7.45. The Balaban J connectivity index is 1.80. The summed E-state index contributed by atoms with van der Waals surface area (Å²) in [5.41, 5.74) is -1.74. The van der Waals surface area contributed by atoms with Crippen molar-refractivity contribution < 1.29 is 23.1 Å². The number of carbonyl (C=O) groups excluding carboxylic acids is 1. The summed E-state index contributed by atoms with van der Waals surface area (Å²) >= 11 is 5.77. The van der Waals surface area contributed by atoms with Gasteiger partial charge in [0.15, 0.2) is 0 Å². The Bertz CT molecular complexity index is 611. The smallest absolute Gasteiger partial charge is 0.390 e. The van der Waals surface area contributed by atoms with Crippen LogP contribution in [0.4, 0.5) is 19.0 Å². The van der Waals surface area contributed by atoms with Crippen LogP contribution < -0.4 is 5.32 Å². The van der Waals surface area contributed by atoms with Gasteiger partial charge in [-0.05, 0) is 19.9 Å². The second-order valence-corrected chi connectivity index (χ2v) is 6.79. The first-order valence-corrected chi connectivity index (χ1v) is 7.83. The Morgan fingerprint density at radius 2 is 2.08 bits per heavy atom. The number of aliphatic hydroxyl groups is 1. The highest BCUT2D eigenvalue weighted by atomic mass is 35.5. The third-order valence-corrected chi connectivity index (χ3v) is 4.32. The predicted molar refractivity (Wildman–Crippen MR) is 83.7 cm³/mol. The molecule has 0 aliphatic carbocycles. The molecule has 1 amide bonds. The fraction of sp³-hybridized carbons (Fsp3) is 0.600. The van der Waals surface area contributed by atoms with Gasteiger partial charge in [-0.25, -0.2) is 4.98 Å². The number of pyridine rings is 1. The van der Waals surface area contributed by atoms with E-state index in [1.807, 2.05) is 0 Å². The zero-order chi connectivity index (χ0) is 18.1. The van der Waals surface area contributed by atoms with Crippen molar-refractivity contribution in [3.05, 3.63) is 22.8 Å². The molecule has 1 aliphatic heterocycles. The molecule has 1 saturated heterocycles. The highest BCUT2D eigenvalue weighted by Crippen LogP contribution is 2.32. The number of carbonyl (C=O) groups is 1. The zero-order valence-electron chi connectivity index (χ0n) is 13.3. The maximum Gasteiger partial charge on any atom is 0.417 e. The minimum atomic E-state index is -4.50. The lowest BCUT2D eigenvalue weighted by atomic mass is 9.84. The molecule has 1 aliphatic rings. The van der Waals surface area contributed by atoms with E-state index >= 15 is 0 Å². The zero-order valence-corrected chi connectivity index (χ0v) is 14.1. The van der Waals surface area contributed by atoms with Gasteiger partial charge in [0.1, 0.15) is 5.82 Å². The summed E-state index contributed by atoms with van der Waals surface area (Å²) in [5.74, 6) is 0.0712. The standard InChI is InChI=1S/C15H19ClF3N3O2/c1-14(2,24)10-7-22(8-10)12(23)3-4-20-13-11(16)5-9(6-21-13)15(17,18)19/h5-6,10,24H,3-4,7-8H2,1-2H3,(H,20,21). The maximum absolute atomic E-state index is 12.5. The number of likely N-dealkylation sites (tertiary alicyclic amines) is 1. The Labute approximate surface area is 142 Å². The van der Waals surface area contributed by atoms with Crippen molar-refractivity contribution in [3.63, 3.8) is 0 Å². The summed E-state index contributed by atoms with van der Waals surface area (Å²) in [6, 6.07) is 0.794. The molecule has 2 heterocycles. The highest BCUT2D eigenvalue weighted by molar-refractivity contribution is 6.32. The Morgan fingerprint density at radius 3 is 2.58 bits per heavy atom. The van der Waals surface area contributed by atoms with Crippen molar-refractivity contribution in [2.24, 2.45) is 5.92 Å². The Morgan fingerprint density at radius 1 is 1.46 bits per heavy atom. The highest BCUT2D eigenvalue weighted by Gasteiger charge is 2.39. The van der Waals surface area contributed by atoms with E-state index in [1.165, 1.54) is 0 Å². The molecule has 0 spiro atoms. The second kappa shape index (κ2) is 6.76. The molecule has 0 saturated carbocycles. The predicted octanol–water partition coefficient (Wildman–Crippen LogP) is 2.79. The number of nitrogens with zero attached hydrogens (tertiary/aromatic N) is 2.